The Bertz CT molecular complexity index is 3110. The van der Waals surface area contributed by atoms with Crippen LogP contribution in [0.4, 0.5) is 0 Å². The molecule has 0 aromatic rings. The topological polar surface area (TPSA) is 153 Å². The first kappa shape index (κ1) is 75.1. The van der Waals surface area contributed by atoms with Gasteiger partial charge in [0.1, 0.15) is 12.1 Å². The number of fused-ring (bicyclic) bond motifs is 21. The number of rotatable bonds is 9. The normalized spacial score (nSPS) is 62.1. The fourth-order valence-electron chi connectivity index (χ4n) is 36.8. The maximum Gasteiger partial charge on any atom is 0.146 e. The summed E-state index contributed by atoms with van der Waals surface area (Å²) in [5.41, 5.74) is 3.35. The smallest absolute Gasteiger partial charge is 0.146 e. The van der Waals surface area contributed by atoms with Crippen molar-refractivity contribution in [3.05, 3.63) is 0 Å². The predicted octanol–water partition coefficient (Wildman–Crippen LogP) is 20.2. The van der Waals surface area contributed by atoms with Crippen LogP contribution in [-0.2, 0) is 23.8 Å². The number of ketones is 1. The van der Waals surface area contributed by atoms with E-state index in [1.807, 2.05) is 6.92 Å². The molecule has 18 fully saturated rings. The van der Waals surface area contributed by atoms with Gasteiger partial charge in [-0.25, -0.2) is 0 Å². The van der Waals surface area contributed by atoms with E-state index in [1.165, 1.54) is 167 Å². The number of carbonyl (C=O) groups excluding carboxylic acids is 2. The van der Waals surface area contributed by atoms with Gasteiger partial charge in [0.25, 0.3) is 0 Å². The molecule has 15 aliphatic carbocycles. The zero-order chi connectivity index (χ0) is 73.1. The van der Waals surface area contributed by atoms with E-state index in [0.717, 1.165) is 118 Å². The van der Waals surface area contributed by atoms with Crippen molar-refractivity contribution in [3.8, 4) is 0 Å². The lowest BCUT2D eigenvalue weighted by Gasteiger charge is -2.73. The van der Waals surface area contributed by atoms with Crippen LogP contribution in [0.2, 0.25) is 0 Å². The molecular formula is C93H152O9. The van der Waals surface area contributed by atoms with E-state index in [1.54, 1.807) is 0 Å². The van der Waals surface area contributed by atoms with E-state index in [-0.39, 0.29) is 81.0 Å². The molecule has 0 aromatic carbocycles. The average molecular weight is 1410 g/mol. The molecule has 4 N–H and O–H groups in total. The molecule has 18 aliphatic rings. The van der Waals surface area contributed by atoms with Crippen molar-refractivity contribution in [3.63, 3.8) is 0 Å². The Morgan fingerprint density at radius 1 is 0.343 bits per heavy atom. The monoisotopic (exact) mass is 1410 g/mol. The first-order chi connectivity index (χ1) is 47.8. The summed E-state index contributed by atoms with van der Waals surface area (Å²) in [6, 6.07) is 0. The van der Waals surface area contributed by atoms with Gasteiger partial charge in [0, 0.05) is 17.3 Å². The zero-order valence-corrected chi connectivity index (χ0v) is 68.6. The molecule has 3 aliphatic heterocycles. The van der Waals surface area contributed by atoms with Crippen molar-refractivity contribution >= 4 is 12.1 Å². The minimum absolute atomic E-state index is 0.102. The lowest BCUT2D eigenvalue weighted by atomic mass is 9.32. The molecule has 15 saturated carbocycles. The van der Waals surface area contributed by atoms with Crippen LogP contribution in [0.3, 0.4) is 0 Å². The van der Waals surface area contributed by atoms with Crippen LogP contribution < -0.4 is 0 Å². The highest BCUT2D eigenvalue weighted by molar-refractivity contribution is 5.99. The third-order valence-electron chi connectivity index (χ3n) is 44.1. The fraction of sp³-hybridized carbons (Fsp3) is 0.978. The third-order valence-corrected chi connectivity index (χ3v) is 44.1. The minimum Gasteiger partial charge on any atom is -0.396 e. The lowest BCUT2D eigenvalue weighted by Crippen LogP contribution is -2.67. The van der Waals surface area contributed by atoms with E-state index < -0.39 is 5.41 Å². The summed E-state index contributed by atoms with van der Waals surface area (Å²) in [6.07, 6.45) is 41.9. The van der Waals surface area contributed by atoms with Gasteiger partial charge in [-0.05, 0) is 368 Å². The predicted molar refractivity (Wildman–Crippen MR) is 407 cm³/mol. The van der Waals surface area contributed by atoms with E-state index in [9.17, 15) is 30.0 Å². The highest BCUT2D eigenvalue weighted by Crippen LogP contribution is 2.83. The first-order valence-electron chi connectivity index (χ1n) is 44.3. The van der Waals surface area contributed by atoms with Gasteiger partial charge < -0.3 is 39.4 Å². The van der Waals surface area contributed by atoms with Crippen molar-refractivity contribution in [1.29, 1.82) is 0 Å². The SMILES string of the molecule is CC[C@]12CC[C@@H](C3(C)CO3)C1C1CCC3[C@@]4(C)CCC(=O)[C@@](C)(C=O)[C@@H]4CC[C@@]3(C)[C@]1(C)CC2.CC[C@]12CC[C@@H](C3(C)CO3)C1C1CCC3[C@@]4(C)CC[C@H](O)[C@@](C)(CO)[C@@H]4CC[C@@]3(C)[C@]1(C)CC2.CC[C@]12CC[C@@H](C3(C)CO3)C1C1CCC3[C@@]4(C)CC[C@H](O)[C@@](C)(CO)[C@@H]4CC[C@@]3(C)[C@]1(C)CC2. The molecule has 3 saturated heterocycles. The summed E-state index contributed by atoms with van der Waals surface area (Å²) in [4.78, 5) is 25.3. The Balaban J connectivity index is 0.000000118. The fourth-order valence-corrected chi connectivity index (χ4v) is 36.8. The average Bonchev–Trinajstić information content (AvgIpc) is 0.752. The van der Waals surface area contributed by atoms with Crippen molar-refractivity contribution in [1.82, 2.24) is 0 Å². The van der Waals surface area contributed by atoms with Crippen LogP contribution in [0.25, 0.3) is 0 Å². The zero-order valence-electron chi connectivity index (χ0n) is 68.6. The molecule has 0 radical (unpaired) electrons. The number of ether oxygens (including phenoxy) is 3. The molecule has 9 heteroatoms. The molecule has 3 heterocycles. The van der Waals surface area contributed by atoms with Crippen molar-refractivity contribution in [2.75, 3.05) is 33.0 Å². The van der Waals surface area contributed by atoms with E-state index >= 15 is 0 Å². The van der Waals surface area contributed by atoms with Crippen LogP contribution in [0.1, 0.15) is 337 Å². The molecule has 0 bridgehead atoms. The highest BCUT2D eigenvalue weighted by Gasteiger charge is 2.78. The van der Waals surface area contributed by atoms with Gasteiger partial charge in [0.15, 0.2) is 0 Å². The van der Waals surface area contributed by atoms with Crippen molar-refractivity contribution in [2.24, 2.45) is 170 Å². The molecule has 0 spiro atoms. The standard InChI is InChI=1S/2C31H52O3.C31H48O3/c3*1-7-31-15-10-21(30(6)19-34-30)25(31)20-8-9-23-26(2)13-12-24(33)27(3,18-32)22(26)11-14-29(23,5)28(20,4)16-17-31/h2*20-25,32-33H,7-19H2,1-6H3;18,20-23,25H,7-17,19H2,1-6H3/t2*20?,21-,22-,23?,24+,25?,26+,27+,28-,29-,30?,31-;20?,21-,22-,23?,25?,26+,27+,28-,29-,30?,31-/m111/s1. The molecule has 102 heavy (non-hydrogen) atoms. The maximum absolute atomic E-state index is 13.0. The molecule has 35 atom stereocenters. The summed E-state index contributed by atoms with van der Waals surface area (Å²) in [6.45, 7) is 48.0. The number of aldehydes is 1. The number of hydrogen-bond donors (Lipinski definition) is 4. The van der Waals surface area contributed by atoms with Gasteiger partial charge in [-0.3, -0.25) is 4.79 Å². The number of epoxide rings is 3. The van der Waals surface area contributed by atoms with Crippen LogP contribution in [-0.4, -0.2) is 94.5 Å². The number of Topliss-reactive ketones (excluding diaryl/α,β-unsaturated/α-hetero) is 1. The van der Waals surface area contributed by atoms with Gasteiger partial charge in [0.2, 0.25) is 0 Å². The van der Waals surface area contributed by atoms with Crippen LogP contribution in [0, 0.1) is 170 Å². The first-order valence-corrected chi connectivity index (χ1v) is 44.3. The second-order valence-electron chi connectivity index (χ2n) is 45.7. The Labute approximate surface area is 621 Å². The van der Waals surface area contributed by atoms with Gasteiger partial charge in [-0.1, -0.05) is 116 Å². The minimum atomic E-state index is -0.773. The van der Waals surface area contributed by atoms with Crippen LogP contribution >= 0.6 is 0 Å². The molecular weight excluding hydrogens is 1260 g/mol. The second-order valence-corrected chi connectivity index (χ2v) is 45.7. The van der Waals surface area contributed by atoms with E-state index in [2.05, 4.69) is 118 Å². The Morgan fingerprint density at radius 2 is 0.647 bits per heavy atom. The summed E-state index contributed by atoms with van der Waals surface area (Å²) < 4.78 is 18.4. The molecule has 18 rings (SSSR count). The molecule has 9 nitrogen and oxygen atoms in total. The Kier molecular flexibility index (Phi) is 17.5. The number of aliphatic hydroxyl groups excluding tert-OH is 4. The van der Waals surface area contributed by atoms with E-state index in [4.69, 9.17) is 14.2 Å². The Morgan fingerprint density at radius 3 is 0.931 bits per heavy atom. The van der Waals surface area contributed by atoms with Crippen molar-refractivity contribution in [2.45, 2.75) is 366 Å². The lowest BCUT2D eigenvalue weighted by molar-refractivity contribution is -0.255. The van der Waals surface area contributed by atoms with Gasteiger partial charge >= 0.3 is 0 Å². The van der Waals surface area contributed by atoms with E-state index in [0.29, 0.717) is 84.7 Å². The third kappa shape index (κ3) is 9.48. The van der Waals surface area contributed by atoms with Gasteiger partial charge in [-0.2, -0.15) is 0 Å². The number of carbonyl (C=O) groups is 2. The summed E-state index contributed by atoms with van der Waals surface area (Å²) in [5.74, 6) is 10.5. The molecule has 578 valence electrons. The number of hydrogen-bond acceptors (Lipinski definition) is 9. The second kappa shape index (κ2) is 23.8. The molecule has 0 aromatic heterocycles. The summed E-state index contributed by atoms with van der Waals surface area (Å²) >= 11 is 0. The Hall–Kier alpha value is -0.940. The van der Waals surface area contributed by atoms with Crippen LogP contribution in [0.15, 0.2) is 0 Å². The number of aliphatic hydroxyl groups is 4. The van der Waals surface area contributed by atoms with Gasteiger partial charge in [-0.15, -0.1) is 0 Å². The summed E-state index contributed by atoms with van der Waals surface area (Å²) in [5, 5.41) is 42.9. The van der Waals surface area contributed by atoms with Crippen molar-refractivity contribution < 1.29 is 44.2 Å². The maximum atomic E-state index is 13.0. The van der Waals surface area contributed by atoms with Crippen LogP contribution in [0.5, 0.6) is 0 Å². The molecule has 12 unspecified atom stereocenters. The highest BCUT2D eigenvalue weighted by atomic mass is 16.6. The van der Waals surface area contributed by atoms with Gasteiger partial charge in [0.05, 0.1) is 67.5 Å². The quantitative estimate of drug-likeness (QED) is 0.100. The summed E-state index contributed by atoms with van der Waals surface area (Å²) in [7, 11) is 0. The largest absolute Gasteiger partial charge is 0.396 e. The molecule has 0 amide bonds.